The van der Waals surface area contributed by atoms with Crippen molar-refractivity contribution < 1.29 is 9.59 Å². The molecule has 0 aliphatic carbocycles. The minimum absolute atomic E-state index is 0.0335. The van der Waals surface area contributed by atoms with E-state index in [1.807, 2.05) is 0 Å². The molecule has 2 amide bonds. The zero-order valence-electron chi connectivity index (χ0n) is 14.9. The normalized spacial score (nSPS) is 11.1. The zero-order valence-corrected chi connectivity index (χ0v) is 14.9. The lowest BCUT2D eigenvalue weighted by molar-refractivity contribution is -0.121. The lowest BCUT2D eigenvalue weighted by Gasteiger charge is -2.19. The molecule has 0 bridgehead atoms. The number of hydrogen-bond donors (Lipinski definition) is 2. The van der Waals surface area contributed by atoms with E-state index in [2.05, 4.69) is 55.7 Å². The number of carbonyl (C=O) groups is 2. The quantitative estimate of drug-likeness (QED) is 0.724. The fourth-order valence-corrected chi connectivity index (χ4v) is 2.29. The summed E-state index contributed by atoms with van der Waals surface area (Å²) in [5, 5.41) is 5.59. The standard InChI is InChI=1S/C19H30N2O2/c1-15(22)20-13-6-14-21-18(23)8-5-7-16-9-11-17(12-10-16)19(2,3)4/h9-12H,5-8,13-14H2,1-4H3,(H,20,22)(H,21,23). The summed E-state index contributed by atoms with van der Waals surface area (Å²) < 4.78 is 0. The van der Waals surface area contributed by atoms with Gasteiger partial charge in [0.1, 0.15) is 0 Å². The van der Waals surface area contributed by atoms with Crippen LogP contribution in [0.4, 0.5) is 0 Å². The van der Waals surface area contributed by atoms with Gasteiger partial charge in [-0.25, -0.2) is 0 Å². The van der Waals surface area contributed by atoms with Crippen LogP contribution in [0.5, 0.6) is 0 Å². The van der Waals surface area contributed by atoms with Gasteiger partial charge >= 0.3 is 0 Å². The highest BCUT2D eigenvalue weighted by molar-refractivity contribution is 5.75. The molecule has 2 N–H and O–H groups in total. The fourth-order valence-electron chi connectivity index (χ4n) is 2.29. The van der Waals surface area contributed by atoms with E-state index in [1.165, 1.54) is 18.1 Å². The molecule has 0 radical (unpaired) electrons. The SMILES string of the molecule is CC(=O)NCCCNC(=O)CCCc1ccc(C(C)(C)C)cc1. The number of nitrogens with one attached hydrogen (secondary N) is 2. The van der Waals surface area contributed by atoms with Crippen LogP contribution in [0.25, 0.3) is 0 Å². The molecule has 128 valence electrons. The molecule has 1 rings (SSSR count). The van der Waals surface area contributed by atoms with Gasteiger partial charge in [0.15, 0.2) is 0 Å². The van der Waals surface area contributed by atoms with Gasteiger partial charge in [-0.3, -0.25) is 9.59 Å². The Morgan fingerprint density at radius 2 is 1.57 bits per heavy atom. The molecule has 1 aromatic carbocycles. The largest absolute Gasteiger partial charge is 0.356 e. The van der Waals surface area contributed by atoms with E-state index in [9.17, 15) is 9.59 Å². The van der Waals surface area contributed by atoms with E-state index in [1.54, 1.807) is 0 Å². The molecular weight excluding hydrogens is 288 g/mol. The van der Waals surface area contributed by atoms with Crippen LogP contribution in [0.2, 0.25) is 0 Å². The van der Waals surface area contributed by atoms with E-state index in [0.29, 0.717) is 19.5 Å². The second-order valence-corrected chi connectivity index (χ2v) is 6.99. The van der Waals surface area contributed by atoms with Crippen molar-refractivity contribution in [1.29, 1.82) is 0 Å². The van der Waals surface area contributed by atoms with Gasteiger partial charge in [0.05, 0.1) is 0 Å². The second-order valence-electron chi connectivity index (χ2n) is 6.99. The summed E-state index contributed by atoms with van der Waals surface area (Å²) in [6.45, 7) is 9.33. The highest BCUT2D eigenvalue weighted by Crippen LogP contribution is 2.22. The molecule has 0 saturated heterocycles. The highest BCUT2D eigenvalue weighted by atomic mass is 16.2. The fraction of sp³-hybridized carbons (Fsp3) is 0.579. The topological polar surface area (TPSA) is 58.2 Å². The summed E-state index contributed by atoms with van der Waals surface area (Å²) in [5.41, 5.74) is 2.78. The van der Waals surface area contributed by atoms with Crippen LogP contribution < -0.4 is 10.6 Å². The Balaban J connectivity index is 2.18. The third kappa shape index (κ3) is 8.38. The molecule has 0 unspecified atom stereocenters. The van der Waals surface area contributed by atoms with Crippen LogP contribution in [-0.4, -0.2) is 24.9 Å². The van der Waals surface area contributed by atoms with E-state index in [4.69, 9.17) is 0 Å². The molecule has 0 aliphatic heterocycles. The monoisotopic (exact) mass is 318 g/mol. The maximum absolute atomic E-state index is 11.7. The predicted molar refractivity (Wildman–Crippen MR) is 94.4 cm³/mol. The average molecular weight is 318 g/mol. The van der Waals surface area contributed by atoms with Gasteiger partial charge in [-0.05, 0) is 35.8 Å². The summed E-state index contributed by atoms with van der Waals surface area (Å²) in [6, 6.07) is 8.67. The first-order chi connectivity index (χ1) is 10.8. The van der Waals surface area contributed by atoms with Gasteiger partial charge in [-0.15, -0.1) is 0 Å². The van der Waals surface area contributed by atoms with Crippen LogP contribution in [0, 0.1) is 0 Å². The predicted octanol–water partition coefficient (Wildman–Crippen LogP) is 2.95. The third-order valence-corrected chi connectivity index (χ3v) is 3.74. The number of amides is 2. The van der Waals surface area contributed by atoms with Gasteiger partial charge < -0.3 is 10.6 Å². The number of hydrogen-bond acceptors (Lipinski definition) is 2. The Hall–Kier alpha value is -1.84. The Labute approximate surface area is 140 Å². The van der Waals surface area contributed by atoms with Crippen LogP contribution in [0.15, 0.2) is 24.3 Å². The first-order valence-electron chi connectivity index (χ1n) is 8.39. The summed E-state index contributed by atoms with van der Waals surface area (Å²) in [6.07, 6.45) is 3.08. The van der Waals surface area contributed by atoms with Crippen molar-refractivity contribution in [3.8, 4) is 0 Å². The summed E-state index contributed by atoms with van der Waals surface area (Å²) in [7, 11) is 0. The summed E-state index contributed by atoms with van der Waals surface area (Å²) in [5.74, 6) is 0.0490. The van der Waals surface area contributed by atoms with Crippen LogP contribution in [0.1, 0.15) is 58.1 Å². The minimum atomic E-state index is -0.0335. The van der Waals surface area contributed by atoms with Gasteiger partial charge in [-0.2, -0.15) is 0 Å². The number of carbonyl (C=O) groups excluding carboxylic acids is 2. The van der Waals surface area contributed by atoms with Crippen molar-refractivity contribution in [2.45, 2.75) is 58.8 Å². The van der Waals surface area contributed by atoms with Gasteiger partial charge in [0, 0.05) is 26.4 Å². The molecule has 1 aromatic rings. The number of benzene rings is 1. The van der Waals surface area contributed by atoms with E-state index in [-0.39, 0.29) is 17.2 Å². The first-order valence-corrected chi connectivity index (χ1v) is 8.39. The van der Waals surface area contributed by atoms with Gasteiger partial charge in [-0.1, -0.05) is 45.0 Å². The molecule has 0 aromatic heterocycles. The molecule has 0 spiro atoms. The highest BCUT2D eigenvalue weighted by Gasteiger charge is 2.12. The van der Waals surface area contributed by atoms with Crippen LogP contribution in [-0.2, 0) is 21.4 Å². The minimum Gasteiger partial charge on any atom is -0.356 e. The molecular formula is C19H30N2O2. The van der Waals surface area contributed by atoms with Crippen LogP contribution in [0.3, 0.4) is 0 Å². The van der Waals surface area contributed by atoms with Crippen LogP contribution >= 0.6 is 0 Å². The Morgan fingerprint density at radius 3 is 2.13 bits per heavy atom. The third-order valence-electron chi connectivity index (χ3n) is 3.74. The average Bonchev–Trinajstić information content (AvgIpc) is 2.46. The zero-order chi connectivity index (χ0) is 17.3. The molecule has 0 saturated carbocycles. The maximum atomic E-state index is 11.7. The molecule has 4 nitrogen and oxygen atoms in total. The van der Waals surface area contributed by atoms with Crippen molar-refractivity contribution in [1.82, 2.24) is 10.6 Å². The van der Waals surface area contributed by atoms with Crippen molar-refractivity contribution in [3.63, 3.8) is 0 Å². The lowest BCUT2D eigenvalue weighted by Crippen LogP contribution is -2.28. The van der Waals surface area contributed by atoms with E-state index >= 15 is 0 Å². The number of rotatable bonds is 8. The van der Waals surface area contributed by atoms with Crippen molar-refractivity contribution in [2.24, 2.45) is 0 Å². The first kappa shape index (κ1) is 19.2. The van der Waals surface area contributed by atoms with Gasteiger partial charge in [0.2, 0.25) is 11.8 Å². The molecule has 0 atom stereocenters. The molecule has 23 heavy (non-hydrogen) atoms. The second kappa shape index (κ2) is 9.33. The van der Waals surface area contributed by atoms with E-state index < -0.39 is 0 Å². The smallest absolute Gasteiger partial charge is 0.220 e. The Kier molecular flexibility index (Phi) is 7.79. The lowest BCUT2D eigenvalue weighted by atomic mass is 9.86. The molecule has 0 heterocycles. The van der Waals surface area contributed by atoms with Gasteiger partial charge in [0.25, 0.3) is 0 Å². The maximum Gasteiger partial charge on any atom is 0.220 e. The summed E-state index contributed by atoms with van der Waals surface area (Å²) in [4.78, 5) is 22.4. The van der Waals surface area contributed by atoms with Crippen molar-refractivity contribution in [3.05, 3.63) is 35.4 Å². The molecule has 4 heteroatoms. The molecule has 0 aliphatic rings. The molecule has 0 fully saturated rings. The van der Waals surface area contributed by atoms with Crippen molar-refractivity contribution >= 4 is 11.8 Å². The van der Waals surface area contributed by atoms with E-state index in [0.717, 1.165) is 19.3 Å². The summed E-state index contributed by atoms with van der Waals surface area (Å²) >= 11 is 0. The van der Waals surface area contributed by atoms with Crippen molar-refractivity contribution in [2.75, 3.05) is 13.1 Å². The Bertz CT molecular complexity index is 501. The Morgan fingerprint density at radius 1 is 0.957 bits per heavy atom. The number of aryl methyl sites for hydroxylation is 1.